The van der Waals surface area contributed by atoms with Gasteiger partial charge < -0.3 is 19.5 Å². The summed E-state index contributed by atoms with van der Waals surface area (Å²) in [5.41, 5.74) is 2.32. The SMILES string of the molecule is COc1cc2c(cc1OC)CN(CC(=O)N(C1CC1)C(C)C(=O)O)CC2. The van der Waals surface area contributed by atoms with Crippen molar-refractivity contribution < 1.29 is 24.2 Å². The molecule has 1 aliphatic heterocycles. The molecule has 1 atom stereocenters. The van der Waals surface area contributed by atoms with Crippen LogP contribution in [0.3, 0.4) is 0 Å². The smallest absolute Gasteiger partial charge is 0.326 e. The molecule has 7 heteroatoms. The molecule has 1 amide bonds. The van der Waals surface area contributed by atoms with Crippen LogP contribution in [-0.4, -0.2) is 66.2 Å². The van der Waals surface area contributed by atoms with Gasteiger partial charge in [-0.3, -0.25) is 9.69 Å². The lowest BCUT2D eigenvalue weighted by Gasteiger charge is -2.32. The van der Waals surface area contributed by atoms with Crippen molar-refractivity contribution in [3.05, 3.63) is 23.3 Å². The molecule has 0 bridgehead atoms. The molecular formula is C19H26N2O5. The molecule has 1 aromatic rings. The molecular weight excluding hydrogens is 336 g/mol. The summed E-state index contributed by atoms with van der Waals surface area (Å²) in [6, 6.07) is 3.26. The van der Waals surface area contributed by atoms with Gasteiger partial charge in [0, 0.05) is 19.1 Å². The predicted octanol–water partition coefficient (Wildman–Crippen LogP) is 1.53. The fraction of sp³-hybridized carbons (Fsp3) is 0.579. The summed E-state index contributed by atoms with van der Waals surface area (Å²) in [7, 11) is 3.23. The Labute approximate surface area is 153 Å². The zero-order chi connectivity index (χ0) is 18.8. The van der Waals surface area contributed by atoms with E-state index in [0.717, 1.165) is 31.4 Å². The summed E-state index contributed by atoms with van der Waals surface area (Å²) in [6.07, 6.45) is 2.60. The lowest BCUT2D eigenvalue weighted by Crippen LogP contribution is -2.49. The number of carboxylic acid groups (broad SMARTS) is 1. The second-order valence-corrected chi connectivity index (χ2v) is 6.98. The van der Waals surface area contributed by atoms with E-state index in [9.17, 15) is 14.7 Å². The van der Waals surface area contributed by atoms with E-state index in [1.54, 1.807) is 26.0 Å². The largest absolute Gasteiger partial charge is 0.493 e. The maximum Gasteiger partial charge on any atom is 0.326 e. The summed E-state index contributed by atoms with van der Waals surface area (Å²) in [4.78, 5) is 27.7. The van der Waals surface area contributed by atoms with Gasteiger partial charge in [-0.05, 0) is 49.4 Å². The first-order valence-electron chi connectivity index (χ1n) is 8.94. The number of benzene rings is 1. The average Bonchev–Trinajstić information content (AvgIpc) is 3.45. The van der Waals surface area contributed by atoms with E-state index in [0.29, 0.717) is 18.0 Å². The molecule has 0 saturated heterocycles. The maximum absolute atomic E-state index is 12.8. The van der Waals surface area contributed by atoms with E-state index in [1.165, 1.54) is 5.56 Å². The van der Waals surface area contributed by atoms with Crippen molar-refractivity contribution in [2.24, 2.45) is 0 Å². The Balaban J connectivity index is 1.70. The lowest BCUT2D eigenvalue weighted by atomic mass is 9.98. The maximum atomic E-state index is 12.8. The van der Waals surface area contributed by atoms with Crippen LogP contribution in [0.1, 0.15) is 30.9 Å². The van der Waals surface area contributed by atoms with Crippen LogP contribution in [0.15, 0.2) is 12.1 Å². The third-order valence-electron chi connectivity index (χ3n) is 5.16. The first-order valence-corrected chi connectivity index (χ1v) is 8.94. The zero-order valence-electron chi connectivity index (χ0n) is 15.5. The number of hydrogen-bond donors (Lipinski definition) is 1. The highest BCUT2D eigenvalue weighted by Crippen LogP contribution is 2.33. The van der Waals surface area contributed by atoms with E-state index in [1.807, 2.05) is 12.1 Å². The summed E-state index contributed by atoms with van der Waals surface area (Å²) >= 11 is 0. The Morgan fingerprint density at radius 3 is 2.38 bits per heavy atom. The van der Waals surface area contributed by atoms with Crippen molar-refractivity contribution in [3.63, 3.8) is 0 Å². The van der Waals surface area contributed by atoms with Crippen molar-refractivity contribution in [1.29, 1.82) is 0 Å². The number of fused-ring (bicyclic) bond motifs is 1. The Kier molecular flexibility index (Phi) is 5.36. The molecule has 1 N–H and O–H groups in total. The molecule has 26 heavy (non-hydrogen) atoms. The minimum atomic E-state index is -0.953. The quantitative estimate of drug-likeness (QED) is 0.792. The molecule has 2 aliphatic rings. The Morgan fingerprint density at radius 2 is 1.85 bits per heavy atom. The van der Waals surface area contributed by atoms with Crippen LogP contribution < -0.4 is 9.47 Å². The summed E-state index contributed by atoms with van der Waals surface area (Å²) < 4.78 is 10.7. The van der Waals surface area contributed by atoms with E-state index in [-0.39, 0.29) is 18.5 Å². The van der Waals surface area contributed by atoms with Gasteiger partial charge in [-0.25, -0.2) is 4.79 Å². The average molecular weight is 362 g/mol. The monoisotopic (exact) mass is 362 g/mol. The third kappa shape index (κ3) is 3.77. The minimum absolute atomic E-state index is 0.0787. The topological polar surface area (TPSA) is 79.3 Å². The van der Waals surface area contributed by atoms with E-state index in [4.69, 9.17) is 9.47 Å². The number of nitrogens with zero attached hydrogens (tertiary/aromatic N) is 2. The van der Waals surface area contributed by atoms with Gasteiger partial charge in [0.25, 0.3) is 0 Å². The van der Waals surface area contributed by atoms with Crippen LogP contribution in [0.4, 0.5) is 0 Å². The van der Waals surface area contributed by atoms with Crippen LogP contribution in [0.5, 0.6) is 11.5 Å². The van der Waals surface area contributed by atoms with Crippen molar-refractivity contribution in [1.82, 2.24) is 9.80 Å². The highest BCUT2D eigenvalue weighted by molar-refractivity contribution is 5.85. The summed E-state index contributed by atoms with van der Waals surface area (Å²) in [5, 5.41) is 9.29. The number of aliphatic carboxylic acids is 1. The van der Waals surface area contributed by atoms with E-state index in [2.05, 4.69) is 4.90 Å². The van der Waals surface area contributed by atoms with Gasteiger partial charge in [-0.2, -0.15) is 0 Å². The molecule has 3 rings (SSSR count). The third-order valence-corrected chi connectivity index (χ3v) is 5.16. The van der Waals surface area contributed by atoms with Gasteiger partial charge in [-0.1, -0.05) is 0 Å². The van der Waals surface area contributed by atoms with Crippen LogP contribution in [-0.2, 0) is 22.6 Å². The molecule has 1 fully saturated rings. The molecule has 0 radical (unpaired) electrons. The van der Waals surface area contributed by atoms with Crippen LogP contribution in [0, 0.1) is 0 Å². The number of amides is 1. The van der Waals surface area contributed by atoms with Gasteiger partial charge in [0.05, 0.1) is 20.8 Å². The standard InChI is InChI=1S/C19H26N2O5/c1-12(19(23)24)21(15-4-5-15)18(22)11-20-7-6-13-8-16(25-2)17(26-3)9-14(13)10-20/h8-9,12,15H,4-7,10-11H2,1-3H3,(H,23,24). The van der Waals surface area contributed by atoms with E-state index < -0.39 is 12.0 Å². The fourth-order valence-corrected chi connectivity index (χ4v) is 3.56. The summed E-state index contributed by atoms with van der Waals surface area (Å²) in [5.74, 6) is 0.335. The number of rotatable bonds is 7. The number of carbonyl (C=O) groups excluding carboxylic acids is 1. The fourth-order valence-electron chi connectivity index (χ4n) is 3.56. The highest BCUT2D eigenvalue weighted by Gasteiger charge is 2.38. The second kappa shape index (κ2) is 7.53. The van der Waals surface area contributed by atoms with Crippen molar-refractivity contribution in [2.75, 3.05) is 27.3 Å². The van der Waals surface area contributed by atoms with Crippen molar-refractivity contribution >= 4 is 11.9 Å². The normalized spacial score (nSPS) is 18.0. The number of carbonyl (C=O) groups is 2. The first-order chi connectivity index (χ1) is 12.4. The number of methoxy groups -OCH3 is 2. The van der Waals surface area contributed by atoms with Crippen molar-refractivity contribution in [2.45, 2.75) is 44.8 Å². The highest BCUT2D eigenvalue weighted by atomic mass is 16.5. The van der Waals surface area contributed by atoms with Crippen LogP contribution in [0.25, 0.3) is 0 Å². The number of hydrogen-bond acceptors (Lipinski definition) is 5. The summed E-state index contributed by atoms with van der Waals surface area (Å²) in [6.45, 7) is 3.22. The van der Waals surface area contributed by atoms with Crippen molar-refractivity contribution in [3.8, 4) is 11.5 Å². The van der Waals surface area contributed by atoms with Crippen LogP contribution in [0.2, 0.25) is 0 Å². The van der Waals surface area contributed by atoms with Gasteiger partial charge in [-0.15, -0.1) is 0 Å². The molecule has 0 aromatic heterocycles. The van der Waals surface area contributed by atoms with E-state index >= 15 is 0 Å². The minimum Gasteiger partial charge on any atom is -0.493 e. The van der Waals surface area contributed by atoms with Gasteiger partial charge in [0.2, 0.25) is 5.91 Å². The molecule has 1 aromatic carbocycles. The first kappa shape index (κ1) is 18.5. The molecule has 1 heterocycles. The predicted molar refractivity (Wildman–Crippen MR) is 95.5 cm³/mol. The molecule has 1 saturated carbocycles. The van der Waals surface area contributed by atoms with Gasteiger partial charge >= 0.3 is 5.97 Å². The Bertz CT molecular complexity index is 701. The van der Waals surface area contributed by atoms with Gasteiger partial charge in [0.15, 0.2) is 11.5 Å². The second-order valence-electron chi connectivity index (χ2n) is 6.98. The lowest BCUT2D eigenvalue weighted by molar-refractivity contribution is -0.150. The molecule has 1 aliphatic carbocycles. The Hall–Kier alpha value is -2.28. The molecule has 7 nitrogen and oxygen atoms in total. The number of carboxylic acids is 1. The zero-order valence-corrected chi connectivity index (χ0v) is 15.5. The molecule has 1 unspecified atom stereocenters. The molecule has 0 spiro atoms. The number of ether oxygens (including phenoxy) is 2. The van der Waals surface area contributed by atoms with Gasteiger partial charge in [0.1, 0.15) is 6.04 Å². The molecule has 142 valence electrons. The van der Waals surface area contributed by atoms with Crippen LogP contribution >= 0.6 is 0 Å². The Morgan fingerprint density at radius 1 is 1.23 bits per heavy atom.